The third kappa shape index (κ3) is 3.61. The number of fused-ring (bicyclic) bond motifs is 1. The molecule has 0 saturated carbocycles. The van der Waals surface area contributed by atoms with Crippen molar-refractivity contribution in [3.05, 3.63) is 65.2 Å². The van der Waals surface area contributed by atoms with E-state index < -0.39 is 6.10 Å². The van der Waals surface area contributed by atoms with E-state index in [-0.39, 0.29) is 11.8 Å². The normalized spacial score (nSPS) is 18.3. The highest BCUT2D eigenvalue weighted by atomic mass is 16.5. The summed E-state index contributed by atoms with van der Waals surface area (Å²) in [6, 6.07) is 15.9. The van der Waals surface area contributed by atoms with Gasteiger partial charge in [0, 0.05) is 19.5 Å². The number of hydrogen-bond acceptors (Lipinski definition) is 3. The molecular formula is C22H25NO3. The maximum absolute atomic E-state index is 12.6. The van der Waals surface area contributed by atoms with Gasteiger partial charge < -0.3 is 14.7 Å². The fraction of sp³-hybridized carbons (Fsp3) is 0.409. The van der Waals surface area contributed by atoms with Gasteiger partial charge in [-0.1, -0.05) is 42.5 Å². The van der Waals surface area contributed by atoms with Crippen LogP contribution in [-0.2, 0) is 17.6 Å². The van der Waals surface area contributed by atoms with Crippen molar-refractivity contribution in [3.8, 4) is 5.75 Å². The SMILES string of the molecule is O=C(Cc1ccc2c(c1)CCO2)N1CCC(C(O)c2ccccc2)CC1. The molecule has 1 amide bonds. The standard InChI is InChI=1S/C22H25NO3/c24-21(15-16-6-7-20-19(14-16)10-13-26-20)23-11-8-18(9-12-23)22(25)17-4-2-1-3-5-17/h1-7,14,18,22,25H,8-13,15H2. The van der Waals surface area contributed by atoms with Crippen molar-refractivity contribution in [3.63, 3.8) is 0 Å². The van der Waals surface area contributed by atoms with Gasteiger partial charge >= 0.3 is 0 Å². The van der Waals surface area contributed by atoms with Crippen LogP contribution in [0.15, 0.2) is 48.5 Å². The van der Waals surface area contributed by atoms with Crippen LogP contribution >= 0.6 is 0 Å². The van der Waals surface area contributed by atoms with Gasteiger partial charge in [-0.25, -0.2) is 0 Å². The second-order valence-electron chi connectivity index (χ2n) is 7.29. The van der Waals surface area contributed by atoms with Gasteiger partial charge in [0.15, 0.2) is 0 Å². The molecule has 4 rings (SSSR count). The summed E-state index contributed by atoms with van der Waals surface area (Å²) in [6.45, 7) is 2.19. The lowest BCUT2D eigenvalue weighted by molar-refractivity contribution is -0.132. The number of carbonyl (C=O) groups is 1. The van der Waals surface area contributed by atoms with Crippen LogP contribution in [0.2, 0.25) is 0 Å². The summed E-state index contributed by atoms with van der Waals surface area (Å²) >= 11 is 0. The highest BCUT2D eigenvalue weighted by Crippen LogP contribution is 2.31. The molecule has 2 aliphatic heterocycles. The molecular weight excluding hydrogens is 326 g/mol. The van der Waals surface area contributed by atoms with Gasteiger partial charge in [-0.2, -0.15) is 0 Å². The van der Waals surface area contributed by atoms with E-state index in [9.17, 15) is 9.90 Å². The summed E-state index contributed by atoms with van der Waals surface area (Å²) in [6.07, 6.45) is 2.63. The molecule has 4 heteroatoms. The van der Waals surface area contributed by atoms with Gasteiger partial charge in [0.25, 0.3) is 0 Å². The van der Waals surface area contributed by atoms with E-state index in [1.807, 2.05) is 47.4 Å². The molecule has 1 atom stereocenters. The fourth-order valence-electron chi connectivity index (χ4n) is 4.02. The molecule has 1 unspecified atom stereocenters. The van der Waals surface area contributed by atoms with E-state index >= 15 is 0 Å². The number of hydrogen-bond donors (Lipinski definition) is 1. The Kier molecular flexibility index (Phi) is 4.93. The number of ether oxygens (including phenoxy) is 1. The predicted octanol–water partition coefficient (Wildman–Crippen LogP) is 3.14. The largest absolute Gasteiger partial charge is 0.493 e. The van der Waals surface area contributed by atoms with Gasteiger partial charge in [-0.05, 0) is 41.5 Å². The summed E-state index contributed by atoms with van der Waals surface area (Å²) in [4.78, 5) is 14.6. The Balaban J connectivity index is 1.32. The van der Waals surface area contributed by atoms with Gasteiger partial charge in [-0.15, -0.1) is 0 Å². The molecule has 1 saturated heterocycles. The lowest BCUT2D eigenvalue weighted by Gasteiger charge is -2.34. The molecule has 0 bridgehead atoms. The first-order valence-corrected chi connectivity index (χ1v) is 9.46. The number of benzene rings is 2. The molecule has 2 aromatic carbocycles. The van der Waals surface area contributed by atoms with Gasteiger partial charge in [0.2, 0.25) is 5.91 Å². The maximum atomic E-state index is 12.6. The van der Waals surface area contributed by atoms with Crippen molar-refractivity contribution in [1.82, 2.24) is 4.90 Å². The van der Waals surface area contributed by atoms with E-state index in [1.165, 1.54) is 5.56 Å². The van der Waals surface area contributed by atoms with E-state index in [2.05, 4.69) is 6.07 Å². The number of piperidine rings is 1. The molecule has 4 nitrogen and oxygen atoms in total. The maximum Gasteiger partial charge on any atom is 0.226 e. The second-order valence-corrected chi connectivity index (χ2v) is 7.29. The van der Waals surface area contributed by atoms with Crippen LogP contribution in [0.1, 0.15) is 35.6 Å². The van der Waals surface area contributed by atoms with Crippen LogP contribution in [0.3, 0.4) is 0 Å². The number of aliphatic hydroxyl groups is 1. The van der Waals surface area contributed by atoms with Crippen LogP contribution in [0, 0.1) is 5.92 Å². The minimum Gasteiger partial charge on any atom is -0.493 e. The van der Waals surface area contributed by atoms with Crippen molar-refractivity contribution in [2.75, 3.05) is 19.7 Å². The average molecular weight is 351 g/mol. The summed E-state index contributed by atoms with van der Waals surface area (Å²) in [5.41, 5.74) is 3.24. The summed E-state index contributed by atoms with van der Waals surface area (Å²) in [5, 5.41) is 10.6. The first kappa shape index (κ1) is 17.1. The van der Waals surface area contributed by atoms with Crippen molar-refractivity contribution >= 4 is 5.91 Å². The lowest BCUT2D eigenvalue weighted by atomic mass is 9.87. The van der Waals surface area contributed by atoms with E-state index in [0.717, 1.165) is 55.8 Å². The quantitative estimate of drug-likeness (QED) is 0.921. The molecule has 2 heterocycles. The molecule has 0 aromatic heterocycles. The number of rotatable bonds is 4. The predicted molar refractivity (Wildman–Crippen MR) is 100 cm³/mol. The van der Waals surface area contributed by atoms with Crippen molar-refractivity contribution < 1.29 is 14.6 Å². The second kappa shape index (κ2) is 7.50. The zero-order valence-corrected chi connectivity index (χ0v) is 14.9. The van der Waals surface area contributed by atoms with Crippen LogP contribution in [0.5, 0.6) is 5.75 Å². The number of likely N-dealkylation sites (tertiary alicyclic amines) is 1. The monoisotopic (exact) mass is 351 g/mol. The fourth-order valence-corrected chi connectivity index (χ4v) is 4.02. The van der Waals surface area contributed by atoms with Gasteiger partial charge in [0.1, 0.15) is 5.75 Å². The van der Waals surface area contributed by atoms with Crippen LogP contribution in [-0.4, -0.2) is 35.6 Å². The van der Waals surface area contributed by atoms with E-state index in [4.69, 9.17) is 4.74 Å². The molecule has 1 N–H and O–H groups in total. The van der Waals surface area contributed by atoms with Crippen molar-refractivity contribution in [2.45, 2.75) is 31.8 Å². The average Bonchev–Trinajstić information content (AvgIpc) is 3.16. The first-order chi connectivity index (χ1) is 12.7. The van der Waals surface area contributed by atoms with E-state index in [1.54, 1.807) is 0 Å². The summed E-state index contributed by atoms with van der Waals surface area (Å²) < 4.78 is 5.53. The van der Waals surface area contributed by atoms with Crippen LogP contribution in [0.4, 0.5) is 0 Å². The van der Waals surface area contributed by atoms with Gasteiger partial charge in [-0.3, -0.25) is 4.79 Å². The number of aliphatic hydroxyl groups excluding tert-OH is 1. The Bertz CT molecular complexity index is 766. The smallest absolute Gasteiger partial charge is 0.226 e. The Labute approximate surface area is 154 Å². The van der Waals surface area contributed by atoms with E-state index in [0.29, 0.717) is 6.42 Å². The van der Waals surface area contributed by atoms with Crippen molar-refractivity contribution in [2.24, 2.45) is 5.92 Å². The molecule has 2 aliphatic rings. The molecule has 0 spiro atoms. The molecule has 2 aromatic rings. The van der Waals surface area contributed by atoms with Crippen molar-refractivity contribution in [1.29, 1.82) is 0 Å². The Morgan fingerprint density at radius 2 is 1.92 bits per heavy atom. The number of carbonyl (C=O) groups excluding carboxylic acids is 1. The molecule has 1 fully saturated rings. The van der Waals surface area contributed by atoms with Gasteiger partial charge in [0.05, 0.1) is 19.1 Å². The highest BCUT2D eigenvalue weighted by molar-refractivity contribution is 5.79. The molecule has 136 valence electrons. The van der Waals surface area contributed by atoms with Crippen LogP contribution in [0.25, 0.3) is 0 Å². The first-order valence-electron chi connectivity index (χ1n) is 9.46. The zero-order valence-electron chi connectivity index (χ0n) is 14.9. The lowest BCUT2D eigenvalue weighted by Crippen LogP contribution is -2.40. The Morgan fingerprint density at radius 1 is 1.15 bits per heavy atom. The summed E-state index contributed by atoms with van der Waals surface area (Å²) in [7, 11) is 0. The summed E-state index contributed by atoms with van der Waals surface area (Å²) in [5.74, 6) is 1.35. The topological polar surface area (TPSA) is 49.8 Å². The number of nitrogens with zero attached hydrogens (tertiary/aromatic N) is 1. The minimum absolute atomic E-state index is 0.177. The molecule has 0 radical (unpaired) electrons. The molecule has 26 heavy (non-hydrogen) atoms. The van der Waals surface area contributed by atoms with Crippen LogP contribution < -0.4 is 4.74 Å². The Hall–Kier alpha value is -2.33. The Morgan fingerprint density at radius 3 is 2.69 bits per heavy atom. The number of amides is 1. The zero-order chi connectivity index (χ0) is 17.9. The molecule has 0 aliphatic carbocycles. The third-order valence-electron chi connectivity index (χ3n) is 5.59. The highest BCUT2D eigenvalue weighted by Gasteiger charge is 2.28. The third-order valence-corrected chi connectivity index (χ3v) is 5.59. The minimum atomic E-state index is -0.440.